The molecule has 1 amide bonds. The summed E-state index contributed by atoms with van der Waals surface area (Å²) in [6.45, 7) is 5.40. The highest BCUT2D eigenvalue weighted by atomic mass is 79.9. The van der Waals surface area contributed by atoms with Crippen molar-refractivity contribution in [2.24, 2.45) is 5.10 Å². The quantitative estimate of drug-likeness (QED) is 0.374. The maximum atomic E-state index is 12.1. The molecule has 0 heterocycles. The minimum Gasteiger partial charge on any atom is -0.507 e. The Balaban J connectivity index is 1.94. The summed E-state index contributed by atoms with van der Waals surface area (Å²) in [7, 11) is 0. The molecule has 2 aromatic carbocycles. The van der Waals surface area contributed by atoms with Crippen molar-refractivity contribution in [3.8, 4) is 5.75 Å². The number of nitrogens with zero attached hydrogens (tertiary/aromatic N) is 1. The van der Waals surface area contributed by atoms with Gasteiger partial charge in [-0.2, -0.15) is 5.10 Å². The maximum Gasteiger partial charge on any atom is 0.262 e. The molecule has 0 radical (unpaired) electrons. The highest BCUT2D eigenvalue weighted by molar-refractivity contribution is 9.10. The van der Waals surface area contributed by atoms with E-state index in [1.54, 1.807) is 19.1 Å². The van der Waals surface area contributed by atoms with E-state index >= 15 is 0 Å². The number of hydrogen-bond donors (Lipinski definition) is 3. The molecule has 0 aromatic heterocycles. The van der Waals surface area contributed by atoms with Gasteiger partial charge in [0.2, 0.25) is 0 Å². The van der Waals surface area contributed by atoms with E-state index in [-0.39, 0.29) is 11.7 Å². The third-order valence-electron chi connectivity index (χ3n) is 3.51. The van der Waals surface area contributed by atoms with Crippen LogP contribution >= 0.6 is 15.9 Å². The van der Waals surface area contributed by atoms with Crippen LogP contribution in [0.4, 0.5) is 5.69 Å². The van der Waals surface area contributed by atoms with Crippen molar-refractivity contribution >= 4 is 33.7 Å². The lowest BCUT2D eigenvalue weighted by atomic mass is 10.1. The van der Waals surface area contributed by atoms with Gasteiger partial charge in [0.15, 0.2) is 0 Å². The van der Waals surface area contributed by atoms with Gasteiger partial charge in [-0.3, -0.25) is 4.79 Å². The van der Waals surface area contributed by atoms with Crippen LogP contribution in [0.3, 0.4) is 0 Å². The fourth-order valence-electron chi connectivity index (χ4n) is 2.16. The van der Waals surface area contributed by atoms with Crippen LogP contribution in [0.15, 0.2) is 64.7 Å². The first-order valence-corrected chi connectivity index (χ1v) is 8.57. The summed E-state index contributed by atoms with van der Waals surface area (Å²) in [5, 5.41) is 17.2. The summed E-state index contributed by atoms with van der Waals surface area (Å²) in [6, 6.07) is 12.4. The van der Waals surface area contributed by atoms with Crippen molar-refractivity contribution in [2.75, 3.05) is 5.32 Å². The van der Waals surface area contributed by atoms with Crippen molar-refractivity contribution in [1.29, 1.82) is 0 Å². The zero-order valence-corrected chi connectivity index (χ0v) is 15.5. The lowest BCUT2D eigenvalue weighted by Gasteiger charge is -2.13. The Hall–Kier alpha value is -2.60. The van der Waals surface area contributed by atoms with Crippen molar-refractivity contribution in [2.45, 2.75) is 19.4 Å². The number of benzene rings is 2. The second kappa shape index (κ2) is 9.03. The number of allylic oxidation sites excluding steroid dienone is 1. The molecule has 0 bridgehead atoms. The zero-order chi connectivity index (χ0) is 18.2. The van der Waals surface area contributed by atoms with Crippen LogP contribution < -0.4 is 10.7 Å². The number of rotatable bonds is 7. The fourth-order valence-corrected chi connectivity index (χ4v) is 2.42. The molecule has 3 N–H and O–H groups in total. The predicted octanol–water partition coefficient (Wildman–Crippen LogP) is 3.83. The van der Waals surface area contributed by atoms with E-state index < -0.39 is 6.04 Å². The number of aromatic hydroxyl groups is 1. The second-order valence-electron chi connectivity index (χ2n) is 5.45. The van der Waals surface area contributed by atoms with E-state index in [0.717, 1.165) is 15.7 Å². The molecule has 2 aromatic rings. The van der Waals surface area contributed by atoms with Crippen molar-refractivity contribution in [1.82, 2.24) is 5.43 Å². The van der Waals surface area contributed by atoms with Crippen molar-refractivity contribution in [3.05, 3.63) is 70.7 Å². The number of carbonyl (C=O) groups excluding carboxylic acids is 1. The molecular formula is C19H20BrN3O2. The lowest BCUT2D eigenvalue weighted by molar-refractivity contribution is -0.121. The summed E-state index contributed by atoms with van der Waals surface area (Å²) in [5.41, 5.74) is 4.60. The predicted molar refractivity (Wildman–Crippen MR) is 105 cm³/mol. The minimum atomic E-state index is -0.459. The normalized spacial score (nSPS) is 11.9. The average Bonchev–Trinajstić information content (AvgIpc) is 2.60. The topological polar surface area (TPSA) is 73.7 Å². The first-order valence-electron chi connectivity index (χ1n) is 7.78. The lowest BCUT2D eigenvalue weighted by Crippen LogP contribution is -2.34. The number of phenols is 1. The van der Waals surface area contributed by atoms with E-state index in [4.69, 9.17) is 0 Å². The summed E-state index contributed by atoms with van der Waals surface area (Å²) in [4.78, 5) is 12.1. The van der Waals surface area contributed by atoms with Crippen LogP contribution in [0.2, 0.25) is 0 Å². The van der Waals surface area contributed by atoms with Crippen LogP contribution in [-0.2, 0) is 11.2 Å². The molecule has 5 nitrogen and oxygen atoms in total. The molecule has 6 heteroatoms. The molecule has 0 saturated heterocycles. The number of amides is 1. The number of hydrogen-bond acceptors (Lipinski definition) is 4. The Morgan fingerprint density at radius 2 is 2.04 bits per heavy atom. The highest BCUT2D eigenvalue weighted by Gasteiger charge is 2.11. The van der Waals surface area contributed by atoms with Gasteiger partial charge >= 0.3 is 0 Å². The van der Waals surface area contributed by atoms with Gasteiger partial charge in [-0.25, -0.2) is 5.43 Å². The molecular weight excluding hydrogens is 382 g/mol. The Labute approximate surface area is 155 Å². The third-order valence-corrected chi connectivity index (χ3v) is 4.04. The summed E-state index contributed by atoms with van der Waals surface area (Å²) in [5.74, 6) is -0.137. The van der Waals surface area contributed by atoms with Gasteiger partial charge in [0.05, 0.1) is 6.21 Å². The molecule has 2 rings (SSSR count). The maximum absolute atomic E-state index is 12.1. The van der Waals surface area contributed by atoms with Crippen LogP contribution in [-0.4, -0.2) is 23.3 Å². The Kier molecular flexibility index (Phi) is 6.77. The van der Waals surface area contributed by atoms with Gasteiger partial charge in [0.25, 0.3) is 5.91 Å². The van der Waals surface area contributed by atoms with E-state index in [9.17, 15) is 9.90 Å². The van der Waals surface area contributed by atoms with Gasteiger partial charge in [0, 0.05) is 15.7 Å². The van der Waals surface area contributed by atoms with Gasteiger partial charge < -0.3 is 10.4 Å². The Morgan fingerprint density at radius 3 is 2.72 bits per heavy atom. The minimum absolute atomic E-state index is 0.140. The van der Waals surface area contributed by atoms with Crippen LogP contribution in [0, 0.1) is 0 Å². The number of hydrazone groups is 1. The smallest absolute Gasteiger partial charge is 0.262 e. The number of carbonyl (C=O) groups is 1. The number of nitrogens with one attached hydrogen (secondary N) is 2. The van der Waals surface area contributed by atoms with Crippen LogP contribution in [0.25, 0.3) is 0 Å². The van der Waals surface area contributed by atoms with Gasteiger partial charge in [0.1, 0.15) is 11.8 Å². The second-order valence-corrected chi connectivity index (χ2v) is 6.37. The molecule has 0 fully saturated rings. The van der Waals surface area contributed by atoms with Gasteiger partial charge in [-0.1, -0.05) is 34.1 Å². The zero-order valence-electron chi connectivity index (χ0n) is 13.9. The monoisotopic (exact) mass is 401 g/mol. The molecule has 25 heavy (non-hydrogen) atoms. The largest absolute Gasteiger partial charge is 0.507 e. The van der Waals surface area contributed by atoms with Crippen molar-refractivity contribution in [3.63, 3.8) is 0 Å². The first kappa shape index (κ1) is 18.7. The standard InChI is InChI=1S/C19H20BrN3O2/c1-3-5-14-6-4-7-15(18(14)24)12-21-23-19(25)13(2)22-17-10-8-16(20)9-11-17/h3-4,6-13,22,24H,1,5H2,2H3,(H,23,25)/b21-12+/t13-/m0/s1. The van der Waals surface area contributed by atoms with Crippen molar-refractivity contribution < 1.29 is 9.90 Å². The summed E-state index contributed by atoms with van der Waals surface area (Å²) < 4.78 is 0.971. The molecule has 0 aliphatic rings. The average molecular weight is 402 g/mol. The van der Waals surface area contributed by atoms with Crippen LogP contribution in [0.1, 0.15) is 18.1 Å². The summed E-state index contributed by atoms with van der Waals surface area (Å²) in [6.07, 6.45) is 3.70. The van der Waals surface area contributed by atoms with E-state index in [1.807, 2.05) is 36.4 Å². The third kappa shape index (κ3) is 5.46. The van der Waals surface area contributed by atoms with Gasteiger partial charge in [-0.05, 0) is 49.2 Å². The summed E-state index contributed by atoms with van der Waals surface area (Å²) >= 11 is 3.37. The fraction of sp³-hybridized carbons (Fsp3) is 0.158. The number of anilines is 1. The molecule has 0 aliphatic heterocycles. The van der Waals surface area contributed by atoms with E-state index in [0.29, 0.717) is 12.0 Å². The number of halogens is 1. The Morgan fingerprint density at radius 1 is 1.32 bits per heavy atom. The van der Waals surface area contributed by atoms with Gasteiger partial charge in [-0.15, -0.1) is 6.58 Å². The molecule has 0 saturated carbocycles. The molecule has 130 valence electrons. The molecule has 0 spiro atoms. The molecule has 0 unspecified atom stereocenters. The number of phenolic OH excluding ortho intramolecular Hbond substituents is 1. The highest BCUT2D eigenvalue weighted by Crippen LogP contribution is 2.21. The molecule has 0 aliphatic carbocycles. The SMILES string of the molecule is C=CCc1cccc(/C=N/NC(=O)[C@H](C)Nc2ccc(Br)cc2)c1O. The number of para-hydroxylation sites is 1. The molecule has 1 atom stereocenters. The van der Waals surface area contributed by atoms with E-state index in [2.05, 4.69) is 38.4 Å². The first-order chi connectivity index (χ1) is 12.0. The van der Waals surface area contributed by atoms with E-state index in [1.165, 1.54) is 6.21 Å². The van der Waals surface area contributed by atoms with Crippen LogP contribution in [0.5, 0.6) is 5.75 Å². The Bertz CT molecular complexity index is 773.